The molecule has 4 heteroatoms. The van der Waals surface area contributed by atoms with Gasteiger partial charge >= 0.3 is 0 Å². The molecule has 2 aromatic rings. The van der Waals surface area contributed by atoms with Gasteiger partial charge in [-0.25, -0.2) is 0 Å². The van der Waals surface area contributed by atoms with Crippen molar-refractivity contribution in [3.63, 3.8) is 0 Å². The van der Waals surface area contributed by atoms with Crippen molar-refractivity contribution in [2.45, 2.75) is 33.2 Å². The Morgan fingerprint density at radius 2 is 1.83 bits per heavy atom. The van der Waals surface area contributed by atoms with Crippen molar-refractivity contribution in [1.82, 2.24) is 10.3 Å². The first-order valence-electron chi connectivity index (χ1n) is 7.96. The number of pyridine rings is 1. The fourth-order valence-electron chi connectivity index (χ4n) is 2.71. The lowest BCUT2D eigenvalue weighted by molar-refractivity contribution is 0.129. The summed E-state index contributed by atoms with van der Waals surface area (Å²) in [6, 6.07) is 13.7. The molecule has 0 spiro atoms. The molecule has 1 aromatic heterocycles. The Morgan fingerprint density at radius 1 is 1.13 bits per heavy atom. The first-order chi connectivity index (χ1) is 10.9. The number of rotatable bonds is 7. The lowest BCUT2D eigenvalue weighted by atomic mass is 9.75. The molecule has 0 aliphatic carbocycles. The van der Waals surface area contributed by atoms with Gasteiger partial charge < -0.3 is 15.5 Å². The number of aryl methyl sites for hydroxylation is 1. The van der Waals surface area contributed by atoms with E-state index < -0.39 is 0 Å². The third-order valence-electron chi connectivity index (χ3n) is 4.28. The van der Waals surface area contributed by atoms with Crippen LogP contribution in [0.2, 0.25) is 0 Å². The summed E-state index contributed by atoms with van der Waals surface area (Å²) in [5, 5.41) is 23.0. The zero-order chi connectivity index (χ0) is 16.9. The molecule has 0 saturated heterocycles. The van der Waals surface area contributed by atoms with Crippen molar-refractivity contribution >= 4 is 0 Å². The number of aliphatic hydroxyl groups is 1. The summed E-state index contributed by atoms with van der Waals surface area (Å²) in [6.07, 6.45) is 0. The highest BCUT2D eigenvalue weighted by molar-refractivity contribution is 5.27. The van der Waals surface area contributed by atoms with Gasteiger partial charge in [0.25, 0.3) is 0 Å². The summed E-state index contributed by atoms with van der Waals surface area (Å²) in [4.78, 5) is 4.36. The van der Waals surface area contributed by atoms with Crippen LogP contribution in [0, 0.1) is 12.3 Å². The van der Waals surface area contributed by atoms with Gasteiger partial charge in [-0.1, -0.05) is 44.2 Å². The van der Waals surface area contributed by atoms with E-state index in [9.17, 15) is 10.2 Å². The maximum Gasteiger partial charge on any atom is 0.138 e. The van der Waals surface area contributed by atoms with Crippen molar-refractivity contribution in [1.29, 1.82) is 0 Å². The number of nitrogens with zero attached hydrogens (tertiary/aromatic N) is 1. The number of hydrogen-bond donors (Lipinski definition) is 3. The summed E-state index contributed by atoms with van der Waals surface area (Å²) >= 11 is 0. The minimum absolute atomic E-state index is 0.113. The second-order valence-corrected chi connectivity index (χ2v) is 6.66. The predicted octanol–water partition coefficient (Wildman–Crippen LogP) is 2.99. The smallest absolute Gasteiger partial charge is 0.138 e. The lowest BCUT2D eigenvalue weighted by Gasteiger charge is -2.33. The van der Waals surface area contributed by atoms with Crippen molar-refractivity contribution in [3.05, 3.63) is 59.4 Å². The third kappa shape index (κ3) is 4.53. The number of aromatic hydroxyl groups is 1. The highest BCUT2D eigenvalue weighted by Gasteiger charge is 2.29. The SMILES string of the molecule is Cc1ccc(O)c(CNCC(c2ccccc2)C(C)(C)CO)n1. The van der Waals surface area contributed by atoms with E-state index in [-0.39, 0.29) is 23.7 Å². The summed E-state index contributed by atoms with van der Waals surface area (Å²) in [6.45, 7) is 7.35. The zero-order valence-corrected chi connectivity index (χ0v) is 14.1. The molecule has 0 aliphatic heterocycles. The van der Waals surface area contributed by atoms with Gasteiger partial charge in [0, 0.05) is 31.3 Å². The Kier molecular flexibility index (Phi) is 5.74. The van der Waals surface area contributed by atoms with Gasteiger partial charge in [0.1, 0.15) is 5.75 Å². The molecule has 0 radical (unpaired) electrons. The third-order valence-corrected chi connectivity index (χ3v) is 4.28. The minimum Gasteiger partial charge on any atom is -0.506 e. The highest BCUT2D eigenvalue weighted by Crippen LogP contribution is 2.34. The average molecular weight is 314 g/mol. The molecule has 0 amide bonds. The Hall–Kier alpha value is -1.91. The van der Waals surface area contributed by atoms with Gasteiger partial charge in [-0.3, -0.25) is 4.98 Å². The Labute approximate surface area is 138 Å². The van der Waals surface area contributed by atoms with Crippen LogP contribution in [0.5, 0.6) is 5.75 Å². The van der Waals surface area contributed by atoms with Crippen LogP contribution in [-0.2, 0) is 6.54 Å². The topological polar surface area (TPSA) is 65.4 Å². The van der Waals surface area contributed by atoms with E-state index in [2.05, 4.69) is 36.3 Å². The van der Waals surface area contributed by atoms with Crippen LogP contribution in [0.1, 0.15) is 36.7 Å². The van der Waals surface area contributed by atoms with E-state index in [1.54, 1.807) is 12.1 Å². The Morgan fingerprint density at radius 3 is 2.48 bits per heavy atom. The van der Waals surface area contributed by atoms with E-state index in [0.717, 1.165) is 5.69 Å². The summed E-state index contributed by atoms with van der Waals surface area (Å²) in [7, 11) is 0. The standard InChI is InChI=1S/C19H26N2O2/c1-14-9-10-18(23)17(21-14)12-20-11-16(19(2,3)13-22)15-7-5-4-6-8-15/h4-10,16,20,22-23H,11-13H2,1-3H3. The van der Waals surface area contributed by atoms with E-state index in [1.165, 1.54) is 5.56 Å². The summed E-state index contributed by atoms with van der Waals surface area (Å²) in [5.41, 5.74) is 2.49. The van der Waals surface area contributed by atoms with Gasteiger partial charge in [-0.05, 0) is 30.0 Å². The molecule has 23 heavy (non-hydrogen) atoms. The van der Waals surface area contributed by atoms with Crippen LogP contribution < -0.4 is 5.32 Å². The largest absolute Gasteiger partial charge is 0.506 e. The van der Waals surface area contributed by atoms with Crippen LogP contribution in [-0.4, -0.2) is 28.3 Å². The van der Waals surface area contributed by atoms with Gasteiger partial charge in [-0.2, -0.15) is 0 Å². The van der Waals surface area contributed by atoms with Crippen LogP contribution in [0.15, 0.2) is 42.5 Å². The monoisotopic (exact) mass is 314 g/mol. The average Bonchev–Trinajstić information content (AvgIpc) is 2.55. The Balaban J connectivity index is 2.09. The van der Waals surface area contributed by atoms with Gasteiger partial charge in [0.2, 0.25) is 0 Å². The first-order valence-corrected chi connectivity index (χ1v) is 7.96. The molecule has 124 valence electrons. The second kappa shape index (κ2) is 7.57. The summed E-state index contributed by atoms with van der Waals surface area (Å²) < 4.78 is 0. The normalized spacial score (nSPS) is 13.0. The molecule has 1 atom stereocenters. The summed E-state index contributed by atoms with van der Waals surface area (Å²) in [5.74, 6) is 0.376. The van der Waals surface area contributed by atoms with Crippen molar-refractivity contribution in [2.75, 3.05) is 13.2 Å². The fourth-order valence-corrected chi connectivity index (χ4v) is 2.71. The number of nitrogens with one attached hydrogen (secondary N) is 1. The molecule has 1 aromatic carbocycles. The Bertz CT molecular complexity index is 627. The molecular formula is C19H26N2O2. The number of aliphatic hydroxyl groups excluding tert-OH is 1. The van der Waals surface area contributed by atoms with Gasteiger partial charge in [0.15, 0.2) is 0 Å². The predicted molar refractivity (Wildman–Crippen MR) is 92.4 cm³/mol. The van der Waals surface area contributed by atoms with Crippen LogP contribution in [0.4, 0.5) is 0 Å². The highest BCUT2D eigenvalue weighted by atomic mass is 16.3. The molecule has 4 nitrogen and oxygen atoms in total. The maximum absolute atomic E-state index is 9.88. The second-order valence-electron chi connectivity index (χ2n) is 6.66. The van der Waals surface area contributed by atoms with E-state index in [1.807, 2.05) is 25.1 Å². The lowest BCUT2D eigenvalue weighted by Crippen LogP contribution is -2.34. The quantitative estimate of drug-likeness (QED) is 0.735. The molecule has 3 N–H and O–H groups in total. The van der Waals surface area contributed by atoms with E-state index >= 15 is 0 Å². The molecule has 0 aliphatic rings. The van der Waals surface area contributed by atoms with Crippen molar-refractivity contribution < 1.29 is 10.2 Å². The molecule has 1 unspecified atom stereocenters. The molecule has 2 rings (SSSR count). The van der Waals surface area contributed by atoms with Crippen LogP contribution in [0.3, 0.4) is 0 Å². The number of hydrogen-bond acceptors (Lipinski definition) is 4. The molecule has 0 saturated carbocycles. The van der Waals surface area contributed by atoms with Gasteiger partial charge in [-0.15, -0.1) is 0 Å². The maximum atomic E-state index is 9.88. The van der Waals surface area contributed by atoms with E-state index in [4.69, 9.17) is 0 Å². The molecule has 0 fully saturated rings. The van der Waals surface area contributed by atoms with Crippen molar-refractivity contribution in [2.24, 2.45) is 5.41 Å². The number of aromatic nitrogens is 1. The minimum atomic E-state index is -0.240. The first kappa shape index (κ1) is 17.4. The fraction of sp³-hybridized carbons (Fsp3) is 0.421. The van der Waals surface area contributed by atoms with E-state index in [0.29, 0.717) is 18.8 Å². The van der Waals surface area contributed by atoms with Crippen LogP contribution >= 0.6 is 0 Å². The van der Waals surface area contributed by atoms with Crippen molar-refractivity contribution in [3.8, 4) is 5.75 Å². The zero-order valence-electron chi connectivity index (χ0n) is 14.1. The molecular weight excluding hydrogens is 288 g/mol. The molecule has 0 bridgehead atoms. The van der Waals surface area contributed by atoms with Crippen LogP contribution in [0.25, 0.3) is 0 Å². The molecule has 1 heterocycles. The number of benzene rings is 1. The van der Waals surface area contributed by atoms with Gasteiger partial charge in [0.05, 0.1) is 5.69 Å².